The fourth-order valence-electron chi connectivity index (χ4n) is 2.01. The van der Waals surface area contributed by atoms with E-state index >= 15 is 0 Å². The van der Waals surface area contributed by atoms with Crippen molar-refractivity contribution in [1.29, 1.82) is 0 Å². The molecule has 2 nitrogen and oxygen atoms in total. The largest absolute Gasteiger partial charge is 0.354 e. The molecule has 0 aliphatic heterocycles. The topological polar surface area (TPSA) is 32.9 Å². The first-order chi connectivity index (χ1) is 10.1. The minimum Gasteiger partial charge on any atom is -0.354 e. The molecule has 4 heteroatoms. The van der Waals surface area contributed by atoms with Crippen molar-refractivity contribution in [2.24, 2.45) is 0 Å². The summed E-state index contributed by atoms with van der Waals surface area (Å²) in [5, 5.41) is 1.25. The average Bonchev–Trinajstić information content (AvgIpc) is 2.49. The van der Waals surface area contributed by atoms with Gasteiger partial charge in [0.1, 0.15) is 0 Å². The van der Waals surface area contributed by atoms with E-state index in [1.807, 2.05) is 38.1 Å². The van der Waals surface area contributed by atoms with Crippen molar-refractivity contribution in [3.05, 3.63) is 68.2 Å². The predicted octanol–water partition coefficient (Wildman–Crippen LogP) is 5.64. The Kier molecular flexibility index (Phi) is 5.21. The van der Waals surface area contributed by atoms with Crippen LogP contribution in [0, 0.1) is 0 Å². The smallest absolute Gasteiger partial charge is 0.190 e. The van der Waals surface area contributed by atoms with E-state index in [9.17, 15) is 4.79 Å². The van der Waals surface area contributed by atoms with Crippen molar-refractivity contribution < 1.29 is 0 Å². The molecule has 2 aromatic carbocycles. The predicted molar refractivity (Wildman–Crippen MR) is 94.1 cm³/mol. The van der Waals surface area contributed by atoms with E-state index in [1.165, 1.54) is 0 Å². The molecule has 0 fully saturated rings. The van der Waals surface area contributed by atoms with Crippen molar-refractivity contribution in [1.82, 2.24) is 4.98 Å². The van der Waals surface area contributed by atoms with E-state index in [2.05, 4.69) is 20.9 Å². The van der Waals surface area contributed by atoms with Gasteiger partial charge in [0.25, 0.3) is 0 Å². The van der Waals surface area contributed by atoms with Crippen molar-refractivity contribution >= 4 is 38.4 Å². The number of nitrogens with one attached hydrogen (secondary N) is 1. The van der Waals surface area contributed by atoms with Crippen molar-refractivity contribution in [3.63, 3.8) is 0 Å². The van der Waals surface area contributed by atoms with Crippen LogP contribution < -0.4 is 5.43 Å². The zero-order chi connectivity index (χ0) is 15.4. The fraction of sp³-hybridized carbons (Fsp3) is 0.118. The summed E-state index contributed by atoms with van der Waals surface area (Å²) in [6.45, 7) is 4.00. The second-order valence-corrected chi connectivity index (χ2v) is 5.60. The number of aromatic amines is 1. The molecule has 21 heavy (non-hydrogen) atoms. The molecule has 0 unspecified atom stereocenters. The maximum atomic E-state index is 12.1. The van der Waals surface area contributed by atoms with Crippen LogP contribution in [-0.2, 0) is 0 Å². The highest BCUT2D eigenvalue weighted by molar-refractivity contribution is 9.10. The van der Waals surface area contributed by atoms with E-state index in [4.69, 9.17) is 11.6 Å². The first kappa shape index (κ1) is 15.8. The van der Waals surface area contributed by atoms with Crippen molar-refractivity contribution in [2.75, 3.05) is 0 Å². The van der Waals surface area contributed by atoms with Crippen molar-refractivity contribution in [2.45, 2.75) is 13.8 Å². The van der Waals surface area contributed by atoms with Gasteiger partial charge in [-0.1, -0.05) is 53.5 Å². The summed E-state index contributed by atoms with van der Waals surface area (Å²) in [6.07, 6.45) is 0. The number of benzene rings is 2. The molecule has 0 bridgehead atoms. The van der Waals surface area contributed by atoms with Crippen LogP contribution in [0.15, 0.2) is 57.8 Å². The Morgan fingerprint density at radius 2 is 1.67 bits per heavy atom. The lowest BCUT2D eigenvalue weighted by Gasteiger charge is -2.05. The standard InChI is InChI=1S/C15H9BrClNO.C2H6/c16-10-3-1-9(2-4-10)13-8-15(19)12-6-5-11(17)7-14(12)18-13;1-2/h1-8H,(H,18,19);1-2H3. The minimum absolute atomic E-state index is 0.0108. The summed E-state index contributed by atoms with van der Waals surface area (Å²) < 4.78 is 1.00. The third-order valence-corrected chi connectivity index (χ3v) is 3.71. The molecule has 108 valence electrons. The number of aromatic nitrogens is 1. The van der Waals surface area contributed by atoms with Gasteiger partial charge < -0.3 is 4.98 Å². The average molecular weight is 365 g/mol. The molecule has 0 spiro atoms. The van der Waals surface area contributed by atoms with E-state index in [-0.39, 0.29) is 5.43 Å². The molecule has 0 amide bonds. The Hall–Kier alpha value is -1.58. The molecule has 0 saturated heterocycles. The van der Waals surface area contributed by atoms with Crippen LogP contribution in [0.25, 0.3) is 22.2 Å². The third kappa shape index (κ3) is 3.55. The van der Waals surface area contributed by atoms with Gasteiger partial charge in [0.05, 0.1) is 5.52 Å². The molecule has 0 aliphatic carbocycles. The third-order valence-electron chi connectivity index (χ3n) is 2.95. The molecule has 3 aromatic rings. The molecule has 1 N–H and O–H groups in total. The first-order valence-corrected chi connectivity index (χ1v) is 7.89. The minimum atomic E-state index is -0.0108. The summed E-state index contributed by atoms with van der Waals surface area (Å²) in [4.78, 5) is 15.3. The highest BCUT2D eigenvalue weighted by Crippen LogP contribution is 2.22. The summed E-state index contributed by atoms with van der Waals surface area (Å²) in [5.41, 5.74) is 2.48. The number of H-pyrrole nitrogens is 1. The number of rotatable bonds is 1. The molecule has 0 aliphatic rings. The second-order valence-electron chi connectivity index (χ2n) is 4.24. The maximum Gasteiger partial charge on any atom is 0.190 e. The van der Waals surface area contributed by atoms with Crippen LogP contribution in [0.2, 0.25) is 5.02 Å². The monoisotopic (exact) mass is 363 g/mol. The van der Waals surface area contributed by atoms with Crippen LogP contribution in [0.3, 0.4) is 0 Å². The highest BCUT2D eigenvalue weighted by atomic mass is 79.9. The molecule has 1 heterocycles. The molecule has 0 radical (unpaired) electrons. The van der Waals surface area contributed by atoms with Crippen LogP contribution in [0.4, 0.5) is 0 Å². The maximum absolute atomic E-state index is 12.1. The van der Waals surface area contributed by atoms with Crippen LogP contribution in [-0.4, -0.2) is 4.98 Å². The molecule has 0 saturated carbocycles. The van der Waals surface area contributed by atoms with Gasteiger partial charge in [-0.15, -0.1) is 0 Å². The fourth-order valence-corrected chi connectivity index (χ4v) is 2.45. The summed E-state index contributed by atoms with van der Waals surface area (Å²) in [6, 6.07) is 14.6. The van der Waals surface area contributed by atoms with Crippen LogP contribution in [0.5, 0.6) is 0 Å². The van der Waals surface area contributed by atoms with Gasteiger partial charge in [-0.25, -0.2) is 0 Å². The number of fused-ring (bicyclic) bond motifs is 1. The van der Waals surface area contributed by atoms with E-state index in [0.29, 0.717) is 10.4 Å². The number of pyridine rings is 1. The zero-order valence-electron chi connectivity index (χ0n) is 11.8. The lowest BCUT2D eigenvalue weighted by atomic mass is 10.1. The number of halogens is 2. The zero-order valence-corrected chi connectivity index (χ0v) is 14.1. The first-order valence-electron chi connectivity index (χ1n) is 6.72. The Bertz CT molecular complexity index is 809. The van der Waals surface area contributed by atoms with Crippen molar-refractivity contribution in [3.8, 4) is 11.3 Å². The van der Waals surface area contributed by atoms with Crippen LogP contribution >= 0.6 is 27.5 Å². The SMILES string of the molecule is CC.O=c1cc(-c2ccc(Br)cc2)[nH]c2cc(Cl)ccc12. The number of hydrogen-bond donors (Lipinski definition) is 1. The van der Waals surface area contributed by atoms with E-state index < -0.39 is 0 Å². The highest BCUT2D eigenvalue weighted by Gasteiger charge is 2.04. The quantitative estimate of drug-likeness (QED) is 0.595. The van der Waals surface area contributed by atoms with Gasteiger partial charge in [0.2, 0.25) is 0 Å². The summed E-state index contributed by atoms with van der Waals surface area (Å²) >= 11 is 9.35. The molecule has 3 rings (SSSR count). The molecular formula is C17H15BrClNO. The van der Waals surface area contributed by atoms with Gasteiger partial charge in [-0.2, -0.15) is 0 Å². The summed E-state index contributed by atoms with van der Waals surface area (Å²) in [7, 11) is 0. The van der Waals surface area contributed by atoms with E-state index in [0.717, 1.165) is 21.2 Å². The van der Waals surface area contributed by atoms with Gasteiger partial charge in [-0.3, -0.25) is 4.79 Å². The summed E-state index contributed by atoms with van der Waals surface area (Å²) in [5.74, 6) is 0. The second kappa shape index (κ2) is 6.92. The lowest BCUT2D eigenvalue weighted by Crippen LogP contribution is -2.02. The Labute approximate surface area is 136 Å². The van der Waals surface area contributed by atoms with Gasteiger partial charge in [0, 0.05) is 26.6 Å². The molecule has 1 aromatic heterocycles. The normalized spacial score (nSPS) is 10.1. The van der Waals surface area contributed by atoms with Gasteiger partial charge in [-0.05, 0) is 35.9 Å². The Morgan fingerprint density at radius 3 is 2.33 bits per heavy atom. The van der Waals surface area contributed by atoms with Crippen LogP contribution in [0.1, 0.15) is 13.8 Å². The van der Waals surface area contributed by atoms with E-state index in [1.54, 1.807) is 24.3 Å². The van der Waals surface area contributed by atoms with Gasteiger partial charge >= 0.3 is 0 Å². The lowest BCUT2D eigenvalue weighted by molar-refractivity contribution is 1.38. The number of hydrogen-bond acceptors (Lipinski definition) is 1. The molecule has 0 atom stereocenters. The Balaban J connectivity index is 0.000000774. The van der Waals surface area contributed by atoms with Gasteiger partial charge in [0.15, 0.2) is 5.43 Å². The Morgan fingerprint density at radius 1 is 1.00 bits per heavy atom. The molecular weight excluding hydrogens is 350 g/mol.